The second-order valence-corrected chi connectivity index (χ2v) is 11.5. The van der Waals surface area contributed by atoms with Crippen LogP contribution in [0, 0.1) is 20.8 Å². The molecule has 1 amide bonds. The first-order chi connectivity index (χ1) is 16.8. The number of carbonyl (C=O) groups is 1. The van der Waals surface area contributed by atoms with E-state index in [2.05, 4.69) is 11.4 Å². The first-order valence-electron chi connectivity index (χ1n) is 11.7. The zero-order valence-electron chi connectivity index (χ0n) is 19.9. The Morgan fingerprint density at radius 1 is 1.14 bits per heavy atom. The van der Waals surface area contributed by atoms with Gasteiger partial charge in [0.2, 0.25) is 5.91 Å². The van der Waals surface area contributed by atoms with Crippen LogP contribution in [0.1, 0.15) is 40.0 Å². The van der Waals surface area contributed by atoms with Gasteiger partial charge in [-0.05, 0) is 93.0 Å². The molecule has 0 unspecified atom stereocenters. The monoisotopic (exact) mass is 523 g/mol. The third kappa shape index (κ3) is 4.77. The average Bonchev–Trinajstić information content (AvgIpc) is 3.18. The van der Waals surface area contributed by atoms with Crippen LogP contribution in [-0.4, -0.2) is 21.2 Å². The molecule has 0 radical (unpaired) electrons. The van der Waals surface area contributed by atoms with Crippen LogP contribution in [0.4, 0.5) is 5.69 Å². The number of aryl methyl sites for hydroxylation is 4. The first kappa shape index (κ1) is 24.1. The maximum Gasteiger partial charge on any atom is 0.267 e. The van der Waals surface area contributed by atoms with E-state index in [0.29, 0.717) is 21.3 Å². The summed E-state index contributed by atoms with van der Waals surface area (Å²) in [7, 11) is 0. The molecule has 2 aromatic heterocycles. The number of amides is 1. The van der Waals surface area contributed by atoms with Crippen LogP contribution in [0.5, 0.6) is 0 Å². The second-order valence-electron chi connectivity index (χ2n) is 9.02. The molecular formula is C27H26ClN3O2S2. The molecule has 2 aromatic carbocycles. The molecular weight excluding hydrogens is 498 g/mol. The molecule has 35 heavy (non-hydrogen) atoms. The van der Waals surface area contributed by atoms with Gasteiger partial charge in [0.15, 0.2) is 5.16 Å². The van der Waals surface area contributed by atoms with Crippen molar-refractivity contribution < 1.29 is 4.79 Å². The van der Waals surface area contributed by atoms with Crippen LogP contribution in [0.25, 0.3) is 15.9 Å². The molecule has 0 aliphatic heterocycles. The lowest BCUT2D eigenvalue weighted by atomic mass is 9.97. The Hall–Kier alpha value is -2.61. The standard InChI is InChI=1S/C27H26ClN3O2S2/c1-15-11-16(2)13-18(12-15)29-23(32)14-34-27-30-25-24(19-7-4-5-10-22(19)35-25)26(33)31(27)21-9-6-8-20(28)17(21)3/h6,8-9,11-13H,4-5,7,10,14H2,1-3H3,(H,29,32). The summed E-state index contributed by atoms with van der Waals surface area (Å²) in [4.78, 5) is 33.7. The summed E-state index contributed by atoms with van der Waals surface area (Å²) in [5.74, 6) is -0.00971. The predicted octanol–water partition coefficient (Wildman–Crippen LogP) is 6.64. The lowest BCUT2D eigenvalue weighted by Crippen LogP contribution is -2.24. The number of fused-ring (bicyclic) bond motifs is 3. The number of hydrogen-bond acceptors (Lipinski definition) is 5. The molecule has 4 aromatic rings. The molecule has 180 valence electrons. The van der Waals surface area contributed by atoms with Crippen molar-refractivity contribution in [1.29, 1.82) is 0 Å². The fourth-order valence-corrected chi connectivity index (χ4v) is 6.99. The third-order valence-electron chi connectivity index (χ3n) is 6.28. The van der Waals surface area contributed by atoms with E-state index < -0.39 is 0 Å². The summed E-state index contributed by atoms with van der Waals surface area (Å²) in [5, 5.41) is 4.78. The molecule has 8 heteroatoms. The molecule has 2 heterocycles. The summed E-state index contributed by atoms with van der Waals surface area (Å²) in [6.07, 6.45) is 4.13. The zero-order valence-corrected chi connectivity index (χ0v) is 22.3. The minimum absolute atomic E-state index is 0.0861. The molecule has 0 saturated heterocycles. The molecule has 5 rings (SSSR count). The third-order valence-corrected chi connectivity index (χ3v) is 8.81. The van der Waals surface area contributed by atoms with Gasteiger partial charge in [0.25, 0.3) is 5.56 Å². The molecule has 1 N–H and O–H groups in total. The quantitative estimate of drug-likeness (QED) is 0.235. The summed E-state index contributed by atoms with van der Waals surface area (Å²) >= 11 is 9.31. The number of benzene rings is 2. The number of thioether (sulfide) groups is 1. The number of nitrogens with zero attached hydrogens (tertiary/aromatic N) is 2. The van der Waals surface area contributed by atoms with Gasteiger partial charge in [-0.3, -0.25) is 14.2 Å². The Balaban J connectivity index is 1.55. The summed E-state index contributed by atoms with van der Waals surface area (Å²) in [5.41, 5.74) is 5.51. The normalized spacial score (nSPS) is 13.1. The largest absolute Gasteiger partial charge is 0.325 e. The number of nitrogens with one attached hydrogen (secondary N) is 1. The summed E-state index contributed by atoms with van der Waals surface area (Å²) in [6.45, 7) is 5.91. The van der Waals surface area contributed by atoms with Crippen molar-refractivity contribution >= 4 is 56.5 Å². The molecule has 5 nitrogen and oxygen atoms in total. The van der Waals surface area contributed by atoms with Crippen LogP contribution in [0.15, 0.2) is 46.3 Å². The SMILES string of the molecule is Cc1cc(C)cc(NC(=O)CSc2nc3sc4c(c3c(=O)n2-c2cccc(Cl)c2C)CCCC4)c1. The molecule has 1 aliphatic carbocycles. The highest BCUT2D eigenvalue weighted by molar-refractivity contribution is 7.99. The highest BCUT2D eigenvalue weighted by Gasteiger charge is 2.24. The van der Waals surface area contributed by atoms with Crippen molar-refractivity contribution in [1.82, 2.24) is 9.55 Å². The van der Waals surface area contributed by atoms with Gasteiger partial charge in [0.05, 0.1) is 16.8 Å². The zero-order chi connectivity index (χ0) is 24.7. The van der Waals surface area contributed by atoms with E-state index in [1.807, 2.05) is 51.1 Å². The number of halogens is 1. The number of carbonyl (C=O) groups excluding carboxylic acids is 1. The van der Waals surface area contributed by atoms with Gasteiger partial charge in [0, 0.05) is 15.6 Å². The lowest BCUT2D eigenvalue weighted by molar-refractivity contribution is -0.113. The highest BCUT2D eigenvalue weighted by atomic mass is 35.5. The maximum absolute atomic E-state index is 13.9. The van der Waals surface area contributed by atoms with E-state index in [1.54, 1.807) is 15.9 Å². The molecule has 0 fully saturated rings. The van der Waals surface area contributed by atoms with Crippen LogP contribution in [-0.2, 0) is 17.6 Å². The lowest BCUT2D eigenvalue weighted by Gasteiger charge is -2.16. The van der Waals surface area contributed by atoms with Crippen molar-refractivity contribution in [3.05, 3.63) is 78.9 Å². The molecule has 1 aliphatic rings. The second kappa shape index (κ2) is 9.80. The number of rotatable bonds is 5. The van der Waals surface area contributed by atoms with Crippen LogP contribution in [0.2, 0.25) is 5.02 Å². The first-order valence-corrected chi connectivity index (χ1v) is 13.8. The van der Waals surface area contributed by atoms with E-state index in [4.69, 9.17) is 16.6 Å². The Kier molecular flexibility index (Phi) is 6.75. The smallest absolute Gasteiger partial charge is 0.267 e. The van der Waals surface area contributed by atoms with Crippen molar-refractivity contribution in [2.75, 3.05) is 11.1 Å². The van der Waals surface area contributed by atoms with E-state index >= 15 is 0 Å². The highest BCUT2D eigenvalue weighted by Crippen LogP contribution is 2.36. The van der Waals surface area contributed by atoms with Gasteiger partial charge in [-0.1, -0.05) is 35.5 Å². The van der Waals surface area contributed by atoms with Gasteiger partial charge >= 0.3 is 0 Å². The fourth-order valence-electron chi connectivity index (χ4n) is 4.71. The number of hydrogen-bond donors (Lipinski definition) is 1. The molecule has 0 bridgehead atoms. The van der Waals surface area contributed by atoms with Crippen LogP contribution >= 0.6 is 34.7 Å². The van der Waals surface area contributed by atoms with E-state index in [0.717, 1.165) is 58.5 Å². The maximum atomic E-state index is 13.9. The molecule has 0 saturated carbocycles. The number of aromatic nitrogens is 2. The average molecular weight is 524 g/mol. The Morgan fingerprint density at radius 2 is 1.89 bits per heavy atom. The van der Waals surface area contributed by atoms with Crippen molar-refractivity contribution in [2.24, 2.45) is 0 Å². The predicted molar refractivity (Wildman–Crippen MR) is 147 cm³/mol. The van der Waals surface area contributed by atoms with E-state index in [1.165, 1.54) is 16.6 Å². The Labute approximate surface area is 217 Å². The fraction of sp³-hybridized carbons (Fsp3) is 0.296. The Bertz CT molecular complexity index is 1500. The van der Waals surface area contributed by atoms with Crippen LogP contribution in [0.3, 0.4) is 0 Å². The molecule has 0 spiro atoms. The van der Waals surface area contributed by atoms with Crippen molar-refractivity contribution in [2.45, 2.75) is 51.6 Å². The Morgan fingerprint density at radius 3 is 2.66 bits per heavy atom. The number of anilines is 1. The van der Waals surface area contributed by atoms with Gasteiger partial charge < -0.3 is 5.32 Å². The summed E-state index contributed by atoms with van der Waals surface area (Å²) in [6, 6.07) is 11.5. The van der Waals surface area contributed by atoms with Gasteiger partial charge in [-0.25, -0.2) is 4.98 Å². The van der Waals surface area contributed by atoms with E-state index in [9.17, 15) is 9.59 Å². The van der Waals surface area contributed by atoms with Crippen molar-refractivity contribution in [3.63, 3.8) is 0 Å². The van der Waals surface area contributed by atoms with Gasteiger partial charge in [-0.2, -0.15) is 0 Å². The minimum Gasteiger partial charge on any atom is -0.325 e. The van der Waals surface area contributed by atoms with E-state index in [-0.39, 0.29) is 17.2 Å². The summed E-state index contributed by atoms with van der Waals surface area (Å²) < 4.78 is 1.64. The topological polar surface area (TPSA) is 64.0 Å². The van der Waals surface area contributed by atoms with Crippen LogP contribution < -0.4 is 10.9 Å². The number of thiophene rings is 1. The van der Waals surface area contributed by atoms with Gasteiger partial charge in [-0.15, -0.1) is 11.3 Å². The van der Waals surface area contributed by atoms with Gasteiger partial charge in [0.1, 0.15) is 4.83 Å². The van der Waals surface area contributed by atoms with Crippen molar-refractivity contribution in [3.8, 4) is 5.69 Å². The molecule has 0 atom stereocenters. The minimum atomic E-state index is -0.144.